The molecule has 0 spiro atoms. The first-order chi connectivity index (χ1) is 11.2. The number of nitrogens with zero attached hydrogens (tertiary/aromatic N) is 1. The number of imide groups is 1. The van der Waals surface area contributed by atoms with E-state index in [1.807, 2.05) is 24.3 Å². The average Bonchev–Trinajstić information content (AvgIpc) is 2.59. The summed E-state index contributed by atoms with van der Waals surface area (Å²) in [6.45, 7) is 4.46. The van der Waals surface area contributed by atoms with Crippen LogP contribution >= 0.6 is 0 Å². The Morgan fingerprint density at radius 2 is 1.74 bits per heavy atom. The molecule has 0 aliphatic carbocycles. The summed E-state index contributed by atoms with van der Waals surface area (Å²) in [6, 6.07) is 9.51. The first kappa shape index (κ1) is 14.4. The summed E-state index contributed by atoms with van der Waals surface area (Å²) >= 11 is 0. The van der Waals surface area contributed by atoms with Gasteiger partial charge in [0, 0.05) is 36.1 Å². The number of ether oxygens (including phenoxy) is 1. The monoisotopic (exact) mass is 310 g/mol. The Labute approximate surface area is 134 Å². The van der Waals surface area contributed by atoms with Gasteiger partial charge in [0.15, 0.2) is 0 Å². The molecule has 2 aromatic rings. The highest BCUT2D eigenvalue weighted by Gasteiger charge is 2.25. The van der Waals surface area contributed by atoms with Crippen molar-refractivity contribution in [1.82, 2.24) is 10.2 Å². The van der Waals surface area contributed by atoms with Gasteiger partial charge in [-0.1, -0.05) is 18.2 Å². The van der Waals surface area contributed by atoms with E-state index in [-0.39, 0.29) is 11.8 Å². The molecule has 1 N–H and O–H groups in total. The standard InChI is InChI=1S/C18H18N2O3/c21-17-14-3-1-2-13-12(6-7-20-8-10-23-11-9-20)4-5-15(16(13)14)18(22)19-17/h1-5H,6-11H2,(H,19,21,22). The average molecular weight is 310 g/mol. The number of hydrogen-bond donors (Lipinski definition) is 1. The zero-order chi connectivity index (χ0) is 15.8. The van der Waals surface area contributed by atoms with Crippen LogP contribution in [0.5, 0.6) is 0 Å². The van der Waals surface area contributed by atoms with Gasteiger partial charge >= 0.3 is 0 Å². The van der Waals surface area contributed by atoms with E-state index < -0.39 is 0 Å². The number of nitrogens with one attached hydrogen (secondary N) is 1. The smallest absolute Gasteiger partial charge is 0.258 e. The predicted octanol–water partition coefficient (Wildman–Crippen LogP) is 1.60. The van der Waals surface area contributed by atoms with Gasteiger partial charge in [-0.15, -0.1) is 0 Å². The Morgan fingerprint density at radius 3 is 2.52 bits per heavy atom. The molecular formula is C18H18N2O3. The fraction of sp³-hybridized carbons (Fsp3) is 0.333. The fourth-order valence-corrected chi connectivity index (χ4v) is 3.40. The number of carbonyl (C=O) groups excluding carboxylic acids is 2. The minimum absolute atomic E-state index is 0.307. The summed E-state index contributed by atoms with van der Waals surface area (Å²) in [5, 5.41) is 4.20. The lowest BCUT2D eigenvalue weighted by Gasteiger charge is -2.27. The fourth-order valence-electron chi connectivity index (χ4n) is 3.40. The number of rotatable bonds is 3. The Kier molecular flexibility index (Phi) is 3.59. The molecule has 1 saturated heterocycles. The van der Waals surface area contributed by atoms with Crippen LogP contribution in [0.25, 0.3) is 10.8 Å². The van der Waals surface area contributed by atoms with Crippen molar-refractivity contribution < 1.29 is 14.3 Å². The van der Waals surface area contributed by atoms with Gasteiger partial charge < -0.3 is 4.74 Å². The molecule has 5 nitrogen and oxygen atoms in total. The van der Waals surface area contributed by atoms with Crippen molar-refractivity contribution in [3.8, 4) is 0 Å². The van der Waals surface area contributed by atoms with Crippen molar-refractivity contribution in [3.63, 3.8) is 0 Å². The first-order valence-electron chi connectivity index (χ1n) is 7.94. The van der Waals surface area contributed by atoms with E-state index in [9.17, 15) is 9.59 Å². The van der Waals surface area contributed by atoms with E-state index in [1.165, 1.54) is 5.56 Å². The van der Waals surface area contributed by atoms with Crippen molar-refractivity contribution in [2.45, 2.75) is 6.42 Å². The summed E-state index contributed by atoms with van der Waals surface area (Å²) in [5.74, 6) is -0.614. The molecular weight excluding hydrogens is 292 g/mol. The van der Waals surface area contributed by atoms with Crippen LogP contribution in [0.3, 0.4) is 0 Å². The Balaban J connectivity index is 1.70. The molecule has 118 valence electrons. The lowest BCUT2D eigenvalue weighted by atomic mass is 9.91. The van der Waals surface area contributed by atoms with Gasteiger partial charge in [-0.05, 0) is 29.5 Å². The van der Waals surface area contributed by atoms with Crippen molar-refractivity contribution in [1.29, 1.82) is 0 Å². The summed E-state index contributed by atoms with van der Waals surface area (Å²) in [6.07, 6.45) is 0.899. The highest BCUT2D eigenvalue weighted by molar-refractivity contribution is 6.25. The van der Waals surface area contributed by atoms with Gasteiger partial charge in [-0.2, -0.15) is 0 Å². The molecule has 2 heterocycles. The number of morpholine rings is 1. The van der Waals surface area contributed by atoms with Crippen LogP contribution in [-0.4, -0.2) is 49.6 Å². The molecule has 0 aromatic heterocycles. The second-order valence-electron chi connectivity index (χ2n) is 5.99. The Bertz CT molecular complexity index is 774. The molecule has 0 unspecified atom stereocenters. The van der Waals surface area contributed by atoms with Gasteiger partial charge in [0.05, 0.1) is 13.2 Å². The van der Waals surface area contributed by atoms with Crippen molar-refractivity contribution >= 4 is 22.6 Å². The molecule has 0 atom stereocenters. The third-order valence-corrected chi connectivity index (χ3v) is 4.65. The molecule has 0 radical (unpaired) electrons. The molecule has 0 saturated carbocycles. The highest BCUT2D eigenvalue weighted by atomic mass is 16.5. The maximum atomic E-state index is 12.0. The topological polar surface area (TPSA) is 58.6 Å². The molecule has 2 amide bonds. The quantitative estimate of drug-likeness (QED) is 0.875. The van der Waals surface area contributed by atoms with Crippen LogP contribution in [0, 0.1) is 0 Å². The van der Waals surface area contributed by atoms with Crippen LogP contribution in [0.15, 0.2) is 30.3 Å². The van der Waals surface area contributed by atoms with Gasteiger partial charge in [-0.25, -0.2) is 0 Å². The molecule has 2 aliphatic heterocycles. The third-order valence-electron chi connectivity index (χ3n) is 4.65. The largest absolute Gasteiger partial charge is 0.379 e. The van der Waals surface area contributed by atoms with Crippen LogP contribution < -0.4 is 5.32 Å². The molecule has 0 bridgehead atoms. The maximum Gasteiger partial charge on any atom is 0.258 e. The molecule has 5 heteroatoms. The third kappa shape index (κ3) is 2.52. The Morgan fingerprint density at radius 1 is 1.00 bits per heavy atom. The first-order valence-corrected chi connectivity index (χ1v) is 7.94. The minimum Gasteiger partial charge on any atom is -0.379 e. The van der Waals surface area contributed by atoms with Crippen LogP contribution in [-0.2, 0) is 11.2 Å². The molecule has 4 rings (SSSR count). The number of hydrogen-bond acceptors (Lipinski definition) is 4. The number of amides is 2. The van der Waals surface area contributed by atoms with Gasteiger partial charge in [0.1, 0.15) is 0 Å². The zero-order valence-electron chi connectivity index (χ0n) is 12.8. The molecule has 1 fully saturated rings. The SMILES string of the molecule is O=C1NC(=O)c2ccc(CCN3CCOCC3)c3cccc1c23. The summed E-state index contributed by atoms with van der Waals surface area (Å²) in [5.41, 5.74) is 2.36. The maximum absolute atomic E-state index is 12.0. The van der Waals surface area contributed by atoms with Crippen molar-refractivity contribution in [2.75, 3.05) is 32.8 Å². The van der Waals surface area contributed by atoms with Crippen molar-refractivity contribution in [2.24, 2.45) is 0 Å². The number of carbonyl (C=O) groups is 2. The van der Waals surface area contributed by atoms with Gasteiger partial charge in [0.2, 0.25) is 0 Å². The molecule has 23 heavy (non-hydrogen) atoms. The lowest BCUT2D eigenvalue weighted by Crippen LogP contribution is -2.37. The van der Waals surface area contributed by atoms with E-state index in [1.54, 1.807) is 6.07 Å². The van der Waals surface area contributed by atoms with E-state index in [4.69, 9.17) is 4.74 Å². The number of benzene rings is 2. The van der Waals surface area contributed by atoms with Crippen LogP contribution in [0.1, 0.15) is 26.3 Å². The summed E-state index contributed by atoms with van der Waals surface area (Å²) < 4.78 is 5.38. The summed E-state index contributed by atoms with van der Waals surface area (Å²) in [4.78, 5) is 26.5. The van der Waals surface area contributed by atoms with E-state index in [2.05, 4.69) is 10.2 Å². The van der Waals surface area contributed by atoms with E-state index in [0.717, 1.165) is 50.0 Å². The second-order valence-corrected chi connectivity index (χ2v) is 5.99. The summed E-state index contributed by atoms with van der Waals surface area (Å²) in [7, 11) is 0. The Hall–Kier alpha value is -2.24. The normalized spacial score (nSPS) is 18.3. The lowest BCUT2D eigenvalue weighted by molar-refractivity contribution is 0.0385. The van der Waals surface area contributed by atoms with Gasteiger partial charge in [-0.3, -0.25) is 19.8 Å². The molecule has 2 aromatic carbocycles. The highest BCUT2D eigenvalue weighted by Crippen LogP contribution is 2.29. The minimum atomic E-state index is -0.307. The van der Waals surface area contributed by atoms with E-state index in [0.29, 0.717) is 11.1 Å². The predicted molar refractivity (Wildman–Crippen MR) is 86.7 cm³/mol. The van der Waals surface area contributed by atoms with Gasteiger partial charge in [0.25, 0.3) is 11.8 Å². The zero-order valence-corrected chi connectivity index (χ0v) is 12.8. The molecule has 2 aliphatic rings. The van der Waals surface area contributed by atoms with Crippen LogP contribution in [0.4, 0.5) is 0 Å². The van der Waals surface area contributed by atoms with Crippen LogP contribution in [0.2, 0.25) is 0 Å². The second kappa shape index (κ2) is 5.76. The van der Waals surface area contributed by atoms with E-state index >= 15 is 0 Å². The van der Waals surface area contributed by atoms with Crippen molar-refractivity contribution in [3.05, 3.63) is 47.0 Å².